The second-order valence-electron chi connectivity index (χ2n) is 2.27. The molecule has 0 atom stereocenters. The molecule has 0 radical (unpaired) electrons. The lowest BCUT2D eigenvalue weighted by atomic mass is 10.1. The molecule has 0 nitrogen and oxygen atoms in total. The minimum Gasteiger partial charge on any atom is -0.0747 e. The van der Waals surface area contributed by atoms with Crippen LogP contribution in [-0.2, 0) is 0 Å². The molecule has 0 aromatic rings. The van der Waals surface area contributed by atoms with Crippen molar-refractivity contribution in [2.75, 3.05) is 0 Å². The highest BCUT2D eigenvalue weighted by atomic mass is 13.9. The van der Waals surface area contributed by atoms with E-state index in [-0.39, 0.29) is 0 Å². The maximum Gasteiger partial charge on any atom is -0.0349 e. The Bertz CT molecular complexity index is 76.2. The maximum absolute atomic E-state index is 2.21. The topological polar surface area (TPSA) is 0 Å². The molecule has 0 saturated heterocycles. The Morgan fingerprint density at radius 3 is 0.917 bits per heavy atom. The third kappa shape index (κ3) is 12.4. The van der Waals surface area contributed by atoms with Gasteiger partial charge in [-0.05, 0) is 26.7 Å². The van der Waals surface area contributed by atoms with Crippen molar-refractivity contribution in [2.24, 2.45) is 0 Å². The molecule has 0 heterocycles. The summed E-state index contributed by atoms with van der Waals surface area (Å²) >= 11 is 0. The lowest BCUT2D eigenvalue weighted by Crippen LogP contribution is -1.78. The molecule has 0 aliphatic rings. The van der Waals surface area contributed by atoms with Crippen LogP contribution in [0.1, 0.15) is 68.2 Å². The number of hydrogen-bond acceptors (Lipinski definition) is 0. The Balaban J connectivity index is -0.000000175. The van der Waals surface area contributed by atoms with Crippen molar-refractivity contribution in [3.63, 3.8) is 0 Å². The van der Waals surface area contributed by atoms with Crippen LogP contribution in [0.25, 0.3) is 0 Å². The summed E-state index contributed by atoms with van der Waals surface area (Å²) in [7, 11) is 0. The van der Waals surface area contributed by atoms with Crippen molar-refractivity contribution in [3.05, 3.63) is 11.1 Å². The van der Waals surface area contributed by atoms with E-state index in [4.69, 9.17) is 0 Å². The number of hydrogen-bond donors (Lipinski definition) is 0. The summed E-state index contributed by atoms with van der Waals surface area (Å²) in [4.78, 5) is 0. The highest BCUT2D eigenvalue weighted by Crippen LogP contribution is 2.09. The quantitative estimate of drug-likeness (QED) is 0.502. The first kappa shape index (κ1) is 17.7. The highest BCUT2D eigenvalue weighted by Gasteiger charge is 1.88. The fourth-order valence-corrected chi connectivity index (χ4v) is 0.604. The van der Waals surface area contributed by atoms with Crippen molar-refractivity contribution < 1.29 is 0 Å². The zero-order valence-corrected chi connectivity index (χ0v) is 10.4. The van der Waals surface area contributed by atoms with E-state index >= 15 is 0 Å². The molecular weight excluding hydrogens is 144 g/mol. The Morgan fingerprint density at radius 2 is 0.833 bits per heavy atom. The summed E-state index contributed by atoms with van der Waals surface area (Å²) in [6.45, 7) is 16.8. The third-order valence-electron chi connectivity index (χ3n) is 1.79. The van der Waals surface area contributed by atoms with Crippen molar-refractivity contribution in [1.29, 1.82) is 0 Å². The predicted molar refractivity (Wildman–Crippen MR) is 61.7 cm³/mol. The van der Waals surface area contributed by atoms with Gasteiger partial charge in [0.1, 0.15) is 0 Å². The van der Waals surface area contributed by atoms with Crippen LogP contribution in [0.2, 0.25) is 0 Å². The van der Waals surface area contributed by atoms with Gasteiger partial charge in [-0.2, -0.15) is 0 Å². The van der Waals surface area contributed by atoms with Gasteiger partial charge >= 0.3 is 0 Å². The highest BCUT2D eigenvalue weighted by molar-refractivity contribution is 5.07. The Hall–Kier alpha value is -0.260. The second kappa shape index (κ2) is 17.0. The van der Waals surface area contributed by atoms with Gasteiger partial charge in [-0.1, -0.05) is 52.7 Å². The first-order valence-corrected chi connectivity index (χ1v) is 5.37. The standard InChI is InChI=1S/C8H16.2C2H6/c1-5-7(3)8(4)6-2;2*1-2/h5-6H2,1-4H3;2*1-2H3/b8-7-;;. The monoisotopic (exact) mass is 172 g/mol. The Morgan fingerprint density at radius 1 is 0.667 bits per heavy atom. The summed E-state index contributed by atoms with van der Waals surface area (Å²) in [6, 6.07) is 0. The average molecular weight is 172 g/mol. The minimum absolute atomic E-state index is 1.21. The molecule has 12 heavy (non-hydrogen) atoms. The molecule has 0 unspecified atom stereocenters. The summed E-state index contributed by atoms with van der Waals surface area (Å²) in [5, 5.41) is 0. The van der Waals surface area contributed by atoms with Crippen LogP contribution in [-0.4, -0.2) is 0 Å². The van der Waals surface area contributed by atoms with Crippen LogP contribution in [0.5, 0.6) is 0 Å². The van der Waals surface area contributed by atoms with E-state index in [0.29, 0.717) is 0 Å². The van der Waals surface area contributed by atoms with Crippen molar-refractivity contribution in [2.45, 2.75) is 68.2 Å². The molecule has 0 aromatic heterocycles. The molecule has 0 heteroatoms. The van der Waals surface area contributed by atoms with Crippen LogP contribution in [0.4, 0.5) is 0 Å². The normalized spacial score (nSPS) is 10.0. The molecule has 0 amide bonds. The zero-order chi connectivity index (χ0) is 10.6. The van der Waals surface area contributed by atoms with Gasteiger partial charge in [0.2, 0.25) is 0 Å². The minimum atomic E-state index is 1.21. The third-order valence-corrected chi connectivity index (χ3v) is 1.79. The fraction of sp³-hybridized carbons (Fsp3) is 0.833. The van der Waals surface area contributed by atoms with Gasteiger partial charge in [-0.25, -0.2) is 0 Å². The van der Waals surface area contributed by atoms with E-state index < -0.39 is 0 Å². The van der Waals surface area contributed by atoms with Crippen LogP contribution < -0.4 is 0 Å². The van der Waals surface area contributed by atoms with E-state index in [1.165, 1.54) is 12.8 Å². The van der Waals surface area contributed by atoms with Crippen molar-refractivity contribution >= 4 is 0 Å². The molecule has 0 fully saturated rings. The first-order chi connectivity index (χ1) is 5.72. The fourth-order valence-electron chi connectivity index (χ4n) is 0.604. The van der Waals surface area contributed by atoms with Crippen LogP contribution >= 0.6 is 0 Å². The van der Waals surface area contributed by atoms with Gasteiger partial charge in [0.25, 0.3) is 0 Å². The smallest absolute Gasteiger partial charge is 0.0349 e. The van der Waals surface area contributed by atoms with Crippen LogP contribution in [0, 0.1) is 0 Å². The van der Waals surface area contributed by atoms with E-state index in [1.54, 1.807) is 11.1 Å². The summed E-state index contributed by atoms with van der Waals surface area (Å²) in [6.07, 6.45) is 2.42. The van der Waals surface area contributed by atoms with Gasteiger partial charge in [0.05, 0.1) is 0 Å². The molecule has 0 spiro atoms. The van der Waals surface area contributed by atoms with E-state index in [1.807, 2.05) is 27.7 Å². The van der Waals surface area contributed by atoms with Gasteiger partial charge in [0.15, 0.2) is 0 Å². The first-order valence-electron chi connectivity index (χ1n) is 5.37. The molecule has 0 rings (SSSR count). The summed E-state index contributed by atoms with van der Waals surface area (Å²) in [5.74, 6) is 0. The average Bonchev–Trinajstić information content (AvgIpc) is 2.21. The maximum atomic E-state index is 2.21. The van der Waals surface area contributed by atoms with Gasteiger partial charge < -0.3 is 0 Å². The summed E-state index contributed by atoms with van der Waals surface area (Å²) in [5.41, 5.74) is 3.10. The molecular formula is C12H28. The lowest BCUT2D eigenvalue weighted by molar-refractivity contribution is 0.985. The predicted octanol–water partition coefficient (Wildman–Crippen LogP) is 5.20. The van der Waals surface area contributed by atoms with Crippen LogP contribution in [0.15, 0.2) is 11.1 Å². The van der Waals surface area contributed by atoms with Gasteiger partial charge in [-0.15, -0.1) is 0 Å². The molecule has 0 saturated carbocycles. The molecule has 0 bridgehead atoms. The Kier molecular flexibility index (Phi) is 25.1. The number of allylic oxidation sites excluding steroid dienone is 2. The molecule has 76 valence electrons. The molecule has 0 N–H and O–H groups in total. The SMILES string of the molecule is CC.CC.CC/C(C)=C(/C)CC. The van der Waals surface area contributed by atoms with Gasteiger partial charge in [0, 0.05) is 0 Å². The molecule has 0 aliphatic heterocycles. The number of rotatable bonds is 2. The van der Waals surface area contributed by atoms with Crippen molar-refractivity contribution in [1.82, 2.24) is 0 Å². The molecule has 0 aliphatic carbocycles. The zero-order valence-electron chi connectivity index (χ0n) is 10.4. The largest absolute Gasteiger partial charge is 0.0747 e. The van der Waals surface area contributed by atoms with Gasteiger partial charge in [-0.3, -0.25) is 0 Å². The van der Waals surface area contributed by atoms with E-state index in [2.05, 4.69) is 27.7 Å². The van der Waals surface area contributed by atoms with Crippen molar-refractivity contribution in [3.8, 4) is 0 Å². The Labute approximate surface area is 80.1 Å². The molecule has 0 aromatic carbocycles. The lowest BCUT2D eigenvalue weighted by Gasteiger charge is -1.99. The van der Waals surface area contributed by atoms with Crippen LogP contribution in [0.3, 0.4) is 0 Å². The van der Waals surface area contributed by atoms with E-state index in [0.717, 1.165) is 0 Å². The summed E-state index contributed by atoms with van der Waals surface area (Å²) < 4.78 is 0. The van der Waals surface area contributed by atoms with E-state index in [9.17, 15) is 0 Å². The second-order valence-corrected chi connectivity index (χ2v) is 2.27.